The standard InChI is InChI=1S/C18H23FN4O6S/c1-30(28,29)21-6-4-12(5-7-21)10-20-18(25)13-8-17(24)22(11-13)14-2-3-15(19)16(9-14)23(26)27/h2-3,9,12-13H,4-8,10-11H2,1H3,(H,20,25). The Hall–Kier alpha value is -2.60. The third kappa shape index (κ3) is 4.93. The van der Waals surface area contributed by atoms with Crippen LogP contribution in [0.15, 0.2) is 18.2 Å². The third-order valence-corrected chi connectivity index (χ3v) is 6.84. The van der Waals surface area contributed by atoms with E-state index in [0.29, 0.717) is 32.5 Å². The van der Waals surface area contributed by atoms with E-state index in [1.165, 1.54) is 21.5 Å². The number of rotatable bonds is 6. The maximum absolute atomic E-state index is 13.5. The van der Waals surface area contributed by atoms with E-state index in [1.807, 2.05) is 0 Å². The number of nitrogens with one attached hydrogen (secondary N) is 1. The summed E-state index contributed by atoms with van der Waals surface area (Å²) >= 11 is 0. The molecule has 2 aliphatic rings. The quantitative estimate of drug-likeness (QED) is 0.514. The highest BCUT2D eigenvalue weighted by Crippen LogP contribution is 2.29. The molecular weight excluding hydrogens is 419 g/mol. The molecule has 2 heterocycles. The van der Waals surface area contributed by atoms with Gasteiger partial charge in [0.2, 0.25) is 27.7 Å². The molecule has 1 atom stereocenters. The molecule has 2 amide bonds. The van der Waals surface area contributed by atoms with Gasteiger partial charge in [0, 0.05) is 38.7 Å². The van der Waals surface area contributed by atoms with E-state index in [-0.39, 0.29) is 36.4 Å². The van der Waals surface area contributed by atoms with Crippen LogP contribution in [0.4, 0.5) is 15.8 Å². The average molecular weight is 442 g/mol. The lowest BCUT2D eigenvalue weighted by Gasteiger charge is -2.30. The zero-order valence-corrected chi connectivity index (χ0v) is 17.2. The van der Waals surface area contributed by atoms with Crippen LogP contribution in [0.2, 0.25) is 0 Å². The van der Waals surface area contributed by atoms with Crippen molar-refractivity contribution in [2.24, 2.45) is 11.8 Å². The maximum atomic E-state index is 13.5. The molecule has 1 unspecified atom stereocenters. The molecule has 0 aromatic heterocycles. The van der Waals surface area contributed by atoms with Crippen molar-refractivity contribution in [2.45, 2.75) is 19.3 Å². The fourth-order valence-electron chi connectivity index (χ4n) is 3.78. The number of carbonyl (C=O) groups is 2. The van der Waals surface area contributed by atoms with Crippen LogP contribution in [-0.4, -0.2) is 61.9 Å². The summed E-state index contributed by atoms with van der Waals surface area (Å²) in [7, 11) is -3.21. The summed E-state index contributed by atoms with van der Waals surface area (Å²) in [6, 6.07) is 3.19. The Bertz CT molecular complexity index is 961. The van der Waals surface area contributed by atoms with E-state index in [9.17, 15) is 32.5 Å². The number of nitro groups is 1. The first-order chi connectivity index (χ1) is 14.1. The maximum Gasteiger partial charge on any atom is 0.306 e. The largest absolute Gasteiger partial charge is 0.356 e. The fraction of sp³-hybridized carbons (Fsp3) is 0.556. The minimum Gasteiger partial charge on any atom is -0.356 e. The van der Waals surface area contributed by atoms with Crippen molar-refractivity contribution in [3.63, 3.8) is 0 Å². The number of amides is 2. The lowest BCUT2D eigenvalue weighted by Crippen LogP contribution is -2.42. The van der Waals surface area contributed by atoms with E-state index in [2.05, 4.69) is 5.32 Å². The van der Waals surface area contributed by atoms with Crippen molar-refractivity contribution >= 4 is 33.2 Å². The molecule has 0 spiro atoms. The van der Waals surface area contributed by atoms with E-state index < -0.39 is 32.4 Å². The summed E-state index contributed by atoms with van der Waals surface area (Å²) in [5.41, 5.74) is -0.551. The van der Waals surface area contributed by atoms with Crippen LogP contribution < -0.4 is 10.2 Å². The first-order valence-electron chi connectivity index (χ1n) is 9.53. The number of piperidine rings is 1. The summed E-state index contributed by atoms with van der Waals surface area (Å²) in [4.78, 5) is 36.1. The molecule has 30 heavy (non-hydrogen) atoms. The van der Waals surface area contributed by atoms with Gasteiger partial charge in [-0.15, -0.1) is 0 Å². The molecule has 0 aliphatic carbocycles. The Morgan fingerprint density at radius 2 is 2.00 bits per heavy atom. The zero-order valence-electron chi connectivity index (χ0n) is 16.4. The number of halogens is 1. The van der Waals surface area contributed by atoms with Crippen molar-refractivity contribution in [1.29, 1.82) is 0 Å². The van der Waals surface area contributed by atoms with E-state index >= 15 is 0 Å². The predicted molar refractivity (Wildman–Crippen MR) is 106 cm³/mol. The minimum absolute atomic E-state index is 0.0382. The zero-order chi connectivity index (χ0) is 22.1. The van der Waals surface area contributed by atoms with Gasteiger partial charge in [0.15, 0.2) is 0 Å². The van der Waals surface area contributed by atoms with Crippen molar-refractivity contribution < 1.29 is 27.3 Å². The number of sulfonamides is 1. The summed E-state index contributed by atoms with van der Waals surface area (Å²) in [6.07, 6.45) is 2.42. The van der Waals surface area contributed by atoms with Gasteiger partial charge in [-0.05, 0) is 30.9 Å². The lowest BCUT2D eigenvalue weighted by atomic mass is 9.97. The van der Waals surface area contributed by atoms with Crippen LogP contribution in [-0.2, 0) is 19.6 Å². The SMILES string of the molecule is CS(=O)(=O)N1CCC(CNC(=O)C2CC(=O)N(c3ccc(F)c([N+](=O)[O-])c3)C2)CC1. The summed E-state index contributed by atoms with van der Waals surface area (Å²) in [5.74, 6) is -2.12. The van der Waals surface area contributed by atoms with Crippen molar-refractivity contribution in [3.05, 3.63) is 34.1 Å². The van der Waals surface area contributed by atoms with Gasteiger partial charge in [-0.3, -0.25) is 19.7 Å². The van der Waals surface area contributed by atoms with E-state index in [1.54, 1.807) is 0 Å². The molecule has 2 fully saturated rings. The normalized spacial score (nSPS) is 21.1. The smallest absolute Gasteiger partial charge is 0.306 e. The predicted octanol–water partition coefficient (Wildman–Crippen LogP) is 0.875. The summed E-state index contributed by atoms with van der Waals surface area (Å²) in [6.45, 7) is 1.28. The molecule has 0 bridgehead atoms. The third-order valence-electron chi connectivity index (χ3n) is 5.54. The highest BCUT2D eigenvalue weighted by molar-refractivity contribution is 7.88. The molecule has 1 aromatic rings. The first-order valence-corrected chi connectivity index (χ1v) is 11.4. The summed E-state index contributed by atoms with van der Waals surface area (Å²) in [5, 5.41) is 13.7. The Morgan fingerprint density at radius 3 is 2.60 bits per heavy atom. The van der Waals surface area contributed by atoms with Gasteiger partial charge in [0.25, 0.3) is 0 Å². The first kappa shape index (κ1) is 22.1. The van der Waals surface area contributed by atoms with Crippen LogP contribution in [0.3, 0.4) is 0 Å². The highest BCUT2D eigenvalue weighted by Gasteiger charge is 2.36. The number of carbonyl (C=O) groups excluding carboxylic acids is 2. The Morgan fingerprint density at radius 1 is 1.33 bits per heavy atom. The molecule has 10 nitrogen and oxygen atoms in total. The van der Waals surface area contributed by atoms with Gasteiger partial charge >= 0.3 is 5.69 Å². The second-order valence-electron chi connectivity index (χ2n) is 7.65. The van der Waals surface area contributed by atoms with Crippen LogP contribution in [0.5, 0.6) is 0 Å². The van der Waals surface area contributed by atoms with Gasteiger partial charge in [0.05, 0.1) is 22.8 Å². The topological polar surface area (TPSA) is 130 Å². The molecule has 164 valence electrons. The Labute approximate surface area is 173 Å². The monoisotopic (exact) mass is 442 g/mol. The molecule has 0 radical (unpaired) electrons. The number of nitro benzene ring substituents is 1. The second-order valence-corrected chi connectivity index (χ2v) is 9.63. The van der Waals surface area contributed by atoms with Crippen molar-refractivity contribution in [3.8, 4) is 0 Å². The highest BCUT2D eigenvalue weighted by atomic mass is 32.2. The van der Waals surface area contributed by atoms with Gasteiger partial charge in [-0.25, -0.2) is 12.7 Å². The number of hydrogen-bond acceptors (Lipinski definition) is 6. The van der Waals surface area contributed by atoms with Gasteiger partial charge in [-0.1, -0.05) is 0 Å². The van der Waals surface area contributed by atoms with Crippen molar-refractivity contribution in [1.82, 2.24) is 9.62 Å². The molecule has 2 saturated heterocycles. The number of nitrogens with zero attached hydrogens (tertiary/aromatic N) is 3. The summed E-state index contributed by atoms with van der Waals surface area (Å²) < 4.78 is 38.0. The van der Waals surface area contributed by atoms with E-state index in [4.69, 9.17) is 0 Å². The number of benzene rings is 1. The number of anilines is 1. The van der Waals surface area contributed by atoms with Crippen LogP contribution >= 0.6 is 0 Å². The average Bonchev–Trinajstić information content (AvgIpc) is 3.07. The molecule has 1 N–H and O–H groups in total. The van der Waals surface area contributed by atoms with Gasteiger partial charge in [0.1, 0.15) is 0 Å². The van der Waals surface area contributed by atoms with Crippen LogP contribution in [0.1, 0.15) is 19.3 Å². The Kier molecular flexibility index (Phi) is 6.36. The van der Waals surface area contributed by atoms with E-state index in [0.717, 1.165) is 12.1 Å². The van der Waals surface area contributed by atoms with Gasteiger partial charge in [-0.2, -0.15) is 4.39 Å². The molecular formula is C18H23FN4O6S. The molecule has 12 heteroatoms. The van der Waals surface area contributed by atoms with Crippen molar-refractivity contribution in [2.75, 3.05) is 37.3 Å². The fourth-order valence-corrected chi connectivity index (χ4v) is 4.65. The number of hydrogen-bond donors (Lipinski definition) is 1. The van der Waals surface area contributed by atoms with Crippen LogP contribution in [0, 0.1) is 27.8 Å². The molecule has 1 aromatic carbocycles. The van der Waals surface area contributed by atoms with Crippen LogP contribution in [0.25, 0.3) is 0 Å². The lowest BCUT2D eigenvalue weighted by molar-refractivity contribution is -0.387. The minimum atomic E-state index is -3.21. The molecule has 3 rings (SSSR count). The Balaban J connectivity index is 1.55. The molecule has 0 saturated carbocycles. The van der Waals surface area contributed by atoms with Gasteiger partial charge < -0.3 is 10.2 Å². The second kappa shape index (κ2) is 8.64. The molecule has 2 aliphatic heterocycles.